The van der Waals surface area contributed by atoms with E-state index < -0.39 is 10.0 Å². The maximum Gasteiger partial charge on any atom is 0.252 e. The molecule has 0 atom stereocenters. The smallest absolute Gasteiger partial charge is 0.252 e. The number of H-pyrrole nitrogens is 1. The maximum absolute atomic E-state index is 12.7. The molecule has 0 radical (unpaired) electrons. The van der Waals surface area contributed by atoms with E-state index in [-0.39, 0.29) is 12.3 Å². The van der Waals surface area contributed by atoms with Gasteiger partial charge >= 0.3 is 0 Å². The van der Waals surface area contributed by atoms with E-state index in [0.717, 1.165) is 27.0 Å². The van der Waals surface area contributed by atoms with Crippen LogP contribution in [0.3, 0.4) is 0 Å². The third kappa shape index (κ3) is 4.23. The first-order valence-corrected chi connectivity index (χ1v) is 11.7. The average molecular weight is 434 g/mol. The first kappa shape index (κ1) is 20.1. The Labute approximate surface area is 173 Å². The normalized spacial score (nSPS) is 15.6. The molecule has 3 heterocycles. The molecular formula is C20H23N3O4S2. The van der Waals surface area contributed by atoms with Crippen molar-refractivity contribution in [1.29, 1.82) is 0 Å². The fourth-order valence-electron chi connectivity index (χ4n) is 3.48. The van der Waals surface area contributed by atoms with Gasteiger partial charge in [-0.3, -0.25) is 4.79 Å². The molecule has 3 aromatic rings. The lowest BCUT2D eigenvalue weighted by Crippen LogP contribution is -2.40. The number of rotatable bonds is 6. The summed E-state index contributed by atoms with van der Waals surface area (Å²) in [4.78, 5) is 16.6. The summed E-state index contributed by atoms with van der Waals surface area (Å²) in [7, 11) is -3.50. The monoisotopic (exact) mass is 433 g/mol. The molecule has 1 aliphatic rings. The summed E-state index contributed by atoms with van der Waals surface area (Å²) in [5, 5.41) is 3.95. The van der Waals surface area contributed by atoms with Gasteiger partial charge in [0.15, 0.2) is 0 Å². The Morgan fingerprint density at radius 1 is 1.21 bits per heavy atom. The van der Waals surface area contributed by atoms with Crippen molar-refractivity contribution in [2.75, 3.05) is 26.3 Å². The number of aromatic nitrogens is 1. The van der Waals surface area contributed by atoms with Crippen molar-refractivity contribution >= 4 is 38.2 Å². The van der Waals surface area contributed by atoms with Gasteiger partial charge in [-0.1, -0.05) is 18.2 Å². The highest BCUT2D eigenvalue weighted by molar-refractivity contribution is 7.91. The largest absolute Gasteiger partial charge is 0.379 e. The van der Waals surface area contributed by atoms with E-state index in [0.29, 0.717) is 37.1 Å². The molecule has 9 heteroatoms. The highest BCUT2D eigenvalue weighted by atomic mass is 32.2. The molecule has 1 amide bonds. The number of aryl methyl sites for hydroxylation is 1. The van der Waals surface area contributed by atoms with Crippen molar-refractivity contribution in [2.45, 2.75) is 24.1 Å². The van der Waals surface area contributed by atoms with Gasteiger partial charge in [-0.2, -0.15) is 4.31 Å². The van der Waals surface area contributed by atoms with Crippen LogP contribution in [-0.2, 0) is 32.5 Å². The first-order chi connectivity index (χ1) is 13.9. The summed E-state index contributed by atoms with van der Waals surface area (Å²) >= 11 is 1.20. The number of nitrogens with one attached hydrogen (secondary N) is 2. The molecule has 1 saturated heterocycles. The number of morpholine rings is 1. The first-order valence-electron chi connectivity index (χ1n) is 9.44. The van der Waals surface area contributed by atoms with Crippen molar-refractivity contribution in [3.63, 3.8) is 0 Å². The molecule has 29 heavy (non-hydrogen) atoms. The lowest BCUT2D eigenvalue weighted by molar-refractivity contribution is -0.120. The number of carbonyl (C=O) groups excluding carboxylic acids is 1. The van der Waals surface area contributed by atoms with Crippen LogP contribution in [0.25, 0.3) is 10.9 Å². The predicted octanol–water partition coefficient (Wildman–Crippen LogP) is 2.42. The van der Waals surface area contributed by atoms with E-state index >= 15 is 0 Å². The molecule has 4 rings (SSSR count). The molecule has 2 N–H and O–H groups in total. The number of aromatic amines is 1. The van der Waals surface area contributed by atoms with Gasteiger partial charge in [0.2, 0.25) is 5.91 Å². The number of benzene rings is 1. The van der Waals surface area contributed by atoms with E-state index in [2.05, 4.69) is 10.3 Å². The molecular weight excluding hydrogens is 410 g/mol. The Bertz CT molecular complexity index is 1130. The second-order valence-electron chi connectivity index (χ2n) is 6.96. The summed E-state index contributed by atoms with van der Waals surface area (Å²) in [5.41, 5.74) is 2.99. The maximum atomic E-state index is 12.7. The van der Waals surface area contributed by atoms with Crippen molar-refractivity contribution < 1.29 is 17.9 Å². The van der Waals surface area contributed by atoms with Gasteiger partial charge in [-0.05, 0) is 30.7 Å². The number of hydrogen-bond donors (Lipinski definition) is 2. The number of fused-ring (bicyclic) bond motifs is 1. The third-order valence-corrected chi connectivity index (χ3v) is 8.48. The molecule has 0 saturated carbocycles. The van der Waals surface area contributed by atoms with Crippen LogP contribution in [-0.4, -0.2) is 49.9 Å². The van der Waals surface area contributed by atoms with E-state index in [4.69, 9.17) is 4.74 Å². The van der Waals surface area contributed by atoms with Crippen LogP contribution in [0.5, 0.6) is 0 Å². The minimum atomic E-state index is -3.50. The summed E-state index contributed by atoms with van der Waals surface area (Å²) in [6, 6.07) is 11.3. The summed E-state index contributed by atoms with van der Waals surface area (Å²) in [6.07, 6.45) is 0.278. The summed E-state index contributed by atoms with van der Waals surface area (Å²) in [5.74, 6) is -0.0937. The number of hydrogen-bond acceptors (Lipinski definition) is 5. The van der Waals surface area contributed by atoms with Gasteiger partial charge in [0.05, 0.1) is 26.2 Å². The fourth-order valence-corrected chi connectivity index (χ4v) is 6.34. The van der Waals surface area contributed by atoms with Gasteiger partial charge in [0.25, 0.3) is 10.0 Å². The number of para-hydroxylation sites is 1. The van der Waals surface area contributed by atoms with Crippen LogP contribution in [0.1, 0.15) is 16.1 Å². The van der Waals surface area contributed by atoms with Crippen LogP contribution in [0.15, 0.2) is 40.6 Å². The zero-order valence-electron chi connectivity index (χ0n) is 16.1. The van der Waals surface area contributed by atoms with Crippen LogP contribution < -0.4 is 5.32 Å². The molecule has 0 bridgehead atoms. The molecule has 7 nitrogen and oxygen atoms in total. The second kappa shape index (κ2) is 8.27. The molecule has 0 unspecified atom stereocenters. The van der Waals surface area contributed by atoms with Crippen LogP contribution in [0, 0.1) is 6.92 Å². The number of nitrogens with zero attached hydrogens (tertiary/aromatic N) is 1. The highest BCUT2D eigenvalue weighted by Gasteiger charge is 2.27. The Hall–Kier alpha value is -2.20. The molecule has 154 valence electrons. The SMILES string of the molecule is Cc1[nH]c2ccccc2c1CC(=O)NCc1ccc(S(=O)(=O)N2CCOCC2)s1. The summed E-state index contributed by atoms with van der Waals surface area (Å²) < 4.78 is 32.4. The number of thiophene rings is 1. The van der Waals surface area contributed by atoms with Crippen molar-refractivity contribution in [1.82, 2.24) is 14.6 Å². The Balaban J connectivity index is 1.39. The second-order valence-corrected chi connectivity index (χ2v) is 10.3. The van der Waals surface area contributed by atoms with Gasteiger partial charge in [0, 0.05) is 34.6 Å². The van der Waals surface area contributed by atoms with Gasteiger partial charge < -0.3 is 15.0 Å². The quantitative estimate of drug-likeness (QED) is 0.625. The number of ether oxygens (including phenoxy) is 1. The summed E-state index contributed by atoms with van der Waals surface area (Å²) in [6.45, 7) is 3.85. The van der Waals surface area contributed by atoms with Crippen LogP contribution >= 0.6 is 11.3 Å². The molecule has 1 aromatic carbocycles. The Morgan fingerprint density at radius 2 is 1.97 bits per heavy atom. The average Bonchev–Trinajstić information content (AvgIpc) is 3.33. The molecule has 1 fully saturated rings. The van der Waals surface area contributed by atoms with E-state index in [9.17, 15) is 13.2 Å². The Kier molecular flexibility index (Phi) is 5.73. The standard InChI is InChI=1S/C20H23N3O4S2/c1-14-17(16-4-2-3-5-18(16)22-14)12-19(24)21-13-15-6-7-20(28-15)29(25,26)23-8-10-27-11-9-23/h2-7,22H,8-13H2,1H3,(H,21,24). The topological polar surface area (TPSA) is 91.5 Å². The van der Waals surface area contributed by atoms with Crippen molar-refractivity contribution in [3.05, 3.63) is 52.5 Å². The van der Waals surface area contributed by atoms with Crippen LogP contribution in [0.4, 0.5) is 0 Å². The molecule has 0 aliphatic carbocycles. The van der Waals surface area contributed by atoms with Crippen molar-refractivity contribution in [2.24, 2.45) is 0 Å². The highest BCUT2D eigenvalue weighted by Crippen LogP contribution is 2.26. The molecule has 1 aliphatic heterocycles. The minimum Gasteiger partial charge on any atom is -0.379 e. The lowest BCUT2D eigenvalue weighted by Gasteiger charge is -2.25. The molecule has 2 aromatic heterocycles. The van der Waals surface area contributed by atoms with Gasteiger partial charge in [-0.25, -0.2) is 8.42 Å². The van der Waals surface area contributed by atoms with Crippen LogP contribution in [0.2, 0.25) is 0 Å². The van der Waals surface area contributed by atoms with Crippen molar-refractivity contribution in [3.8, 4) is 0 Å². The van der Waals surface area contributed by atoms with Gasteiger partial charge in [0.1, 0.15) is 4.21 Å². The minimum absolute atomic E-state index is 0.0937. The third-order valence-electron chi connectivity index (χ3n) is 5.03. The van der Waals surface area contributed by atoms with E-state index in [1.807, 2.05) is 31.2 Å². The zero-order chi connectivity index (χ0) is 20.4. The Morgan fingerprint density at radius 3 is 2.76 bits per heavy atom. The number of amides is 1. The lowest BCUT2D eigenvalue weighted by atomic mass is 10.1. The predicted molar refractivity (Wildman–Crippen MR) is 112 cm³/mol. The number of sulfonamides is 1. The van der Waals surface area contributed by atoms with E-state index in [1.54, 1.807) is 12.1 Å². The van der Waals surface area contributed by atoms with E-state index in [1.165, 1.54) is 15.6 Å². The zero-order valence-corrected chi connectivity index (χ0v) is 17.7. The molecule has 0 spiro atoms. The number of carbonyl (C=O) groups is 1. The van der Waals surface area contributed by atoms with Gasteiger partial charge in [-0.15, -0.1) is 11.3 Å². The fraction of sp³-hybridized carbons (Fsp3) is 0.350.